The largest absolute Gasteiger partial charge is 0.376 e. The summed E-state index contributed by atoms with van der Waals surface area (Å²) in [5.41, 5.74) is 2.01. The van der Waals surface area contributed by atoms with E-state index in [4.69, 9.17) is 0 Å². The number of benzene rings is 1. The van der Waals surface area contributed by atoms with Crippen molar-refractivity contribution in [2.75, 3.05) is 39.0 Å². The summed E-state index contributed by atoms with van der Waals surface area (Å²) in [4.78, 5) is 16.6. The van der Waals surface area contributed by atoms with Gasteiger partial charge in [-0.1, -0.05) is 0 Å². The fourth-order valence-corrected chi connectivity index (χ4v) is 3.47. The van der Waals surface area contributed by atoms with E-state index >= 15 is 0 Å². The highest BCUT2D eigenvalue weighted by atomic mass is 19.1. The fourth-order valence-electron chi connectivity index (χ4n) is 3.47. The van der Waals surface area contributed by atoms with Crippen LogP contribution in [0.25, 0.3) is 10.8 Å². The molecule has 1 aromatic carbocycles. The summed E-state index contributed by atoms with van der Waals surface area (Å²) < 4.78 is 13.8. The first kappa shape index (κ1) is 14.5. The number of rotatable bonds is 3. The Morgan fingerprint density at radius 2 is 2.22 bits per heavy atom. The van der Waals surface area contributed by atoms with E-state index in [1.54, 1.807) is 0 Å². The van der Waals surface area contributed by atoms with Gasteiger partial charge in [0.15, 0.2) is 0 Å². The Balaban J connectivity index is 1.84. The first-order chi connectivity index (χ1) is 11.0. The minimum Gasteiger partial charge on any atom is -0.376 e. The van der Waals surface area contributed by atoms with E-state index in [1.165, 1.54) is 12.1 Å². The summed E-state index contributed by atoms with van der Waals surface area (Å²) in [6.07, 6.45) is 0. The third kappa shape index (κ3) is 2.36. The van der Waals surface area contributed by atoms with Gasteiger partial charge in [-0.15, -0.1) is 10.2 Å². The van der Waals surface area contributed by atoms with Gasteiger partial charge in [0.05, 0.1) is 17.1 Å². The molecular weight excluding hydrogens is 297 g/mol. The Morgan fingerprint density at radius 1 is 1.39 bits per heavy atom. The summed E-state index contributed by atoms with van der Waals surface area (Å²) in [6.45, 7) is 3.32. The summed E-state index contributed by atoms with van der Waals surface area (Å²) in [5, 5.41) is 12.4. The Bertz CT molecular complexity index is 854. The molecule has 23 heavy (non-hydrogen) atoms. The molecule has 120 valence electrons. The van der Waals surface area contributed by atoms with Gasteiger partial charge in [0.1, 0.15) is 5.82 Å². The highest BCUT2D eigenvalue weighted by molar-refractivity contribution is 5.99. The number of hydrogen-bond acceptors (Lipinski definition) is 6. The highest BCUT2D eigenvalue weighted by Gasteiger charge is 2.34. The molecule has 0 aliphatic carbocycles. The summed E-state index contributed by atoms with van der Waals surface area (Å²) in [5.74, 6) is -0.429. The second-order valence-electron chi connectivity index (χ2n) is 6.48. The molecule has 0 fully saturated rings. The van der Waals surface area contributed by atoms with Gasteiger partial charge in [0, 0.05) is 42.8 Å². The van der Waals surface area contributed by atoms with Crippen molar-refractivity contribution >= 4 is 16.5 Å². The summed E-state index contributed by atoms with van der Waals surface area (Å²) >= 11 is 0. The van der Waals surface area contributed by atoms with Gasteiger partial charge in [-0.05, 0) is 26.2 Å². The molecule has 4 rings (SSSR count). The number of nitrogens with one attached hydrogen (secondary N) is 1. The molecule has 1 N–H and O–H groups in total. The Morgan fingerprint density at radius 3 is 3.00 bits per heavy atom. The summed E-state index contributed by atoms with van der Waals surface area (Å²) in [6, 6.07) is 2.74. The van der Waals surface area contributed by atoms with Crippen LogP contribution in [0.15, 0.2) is 16.9 Å². The number of aromatic nitrogens is 2. The van der Waals surface area contributed by atoms with Crippen LogP contribution in [-0.2, 0) is 6.54 Å². The molecule has 0 spiro atoms. The number of hydrogen-bond donors (Lipinski definition) is 1. The van der Waals surface area contributed by atoms with Crippen molar-refractivity contribution in [2.45, 2.75) is 12.6 Å². The molecule has 0 bridgehead atoms. The standard InChI is InChI=1S/C16H18FN5O/c1-21(2)3-4-22-7-12-15-13(8-22)19-20-16(23)10-5-9(17)6-11(18-12)14(10)15/h5-6,12,18H,3-4,7-8H2,1-2H3. The lowest BCUT2D eigenvalue weighted by Crippen LogP contribution is -2.39. The van der Waals surface area contributed by atoms with E-state index in [9.17, 15) is 9.18 Å². The summed E-state index contributed by atoms with van der Waals surface area (Å²) in [7, 11) is 4.08. The molecule has 7 heteroatoms. The lowest BCUT2D eigenvalue weighted by molar-refractivity contribution is 0.210. The molecule has 1 atom stereocenters. The maximum absolute atomic E-state index is 13.8. The van der Waals surface area contributed by atoms with Crippen LogP contribution in [0.2, 0.25) is 0 Å². The average Bonchev–Trinajstić information content (AvgIpc) is 2.79. The van der Waals surface area contributed by atoms with Gasteiger partial charge in [-0.2, -0.15) is 0 Å². The minimum absolute atomic E-state index is 0.0290. The average molecular weight is 315 g/mol. The zero-order chi connectivity index (χ0) is 16.1. The van der Waals surface area contributed by atoms with Gasteiger partial charge in [-0.25, -0.2) is 4.39 Å². The normalized spacial score (nSPS) is 19.4. The minimum atomic E-state index is -0.475. The van der Waals surface area contributed by atoms with Gasteiger partial charge >= 0.3 is 0 Å². The quantitative estimate of drug-likeness (QED) is 0.911. The third-order valence-corrected chi connectivity index (χ3v) is 4.53. The first-order valence-corrected chi connectivity index (χ1v) is 7.69. The van der Waals surface area contributed by atoms with E-state index < -0.39 is 11.4 Å². The molecule has 0 saturated heterocycles. The first-order valence-electron chi connectivity index (χ1n) is 7.69. The number of anilines is 1. The van der Waals surface area contributed by atoms with E-state index in [1.807, 2.05) is 14.1 Å². The molecule has 1 unspecified atom stereocenters. The Labute approximate surface area is 132 Å². The van der Waals surface area contributed by atoms with Crippen molar-refractivity contribution in [3.63, 3.8) is 0 Å². The van der Waals surface area contributed by atoms with E-state index in [-0.39, 0.29) is 6.04 Å². The second-order valence-corrected chi connectivity index (χ2v) is 6.48. The molecule has 0 saturated carbocycles. The topological polar surface area (TPSA) is 61.4 Å². The lowest BCUT2D eigenvalue weighted by atomic mass is 9.99. The van der Waals surface area contributed by atoms with E-state index in [0.717, 1.165) is 36.3 Å². The zero-order valence-electron chi connectivity index (χ0n) is 13.1. The third-order valence-electron chi connectivity index (χ3n) is 4.53. The second kappa shape index (κ2) is 5.21. The molecule has 2 aliphatic rings. The SMILES string of the molecule is CN(C)CCN1Cc2nnc(=O)c3cc(F)cc4c3c2C(C1)N4. The van der Waals surface area contributed by atoms with Gasteiger partial charge in [0.25, 0.3) is 5.56 Å². The molecule has 3 heterocycles. The monoisotopic (exact) mass is 315 g/mol. The molecule has 2 aliphatic heterocycles. The van der Waals surface area contributed by atoms with Crippen LogP contribution >= 0.6 is 0 Å². The maximum Gasteiger partial charge on any atom is 0.296 e. The fraction of sp³-hybridized carbons (Fsp3) is 0.438. The zero-order valence-corrected chi connectivity index (χ0v) is 13.1. The molecule has 0 radical (unpaired) electrons. The van der Waals surface area contributed by atoms with Crippen molar-refractivity contribution in [1.29, 1.82) is 0 Å². The van der Waals surface area contributed by atoms with Crippen LogP contribution in [0.4, 0.5) is 10.1 Å². The van der Waals surface area contributed by atoms with Crippen LogP contribution in [0, 0.1) is 5.82 Å². The van der Waals surface area contributed by atoms with Gasteiger partial charge in [0.2, 0.25) is 0 Å². The number of likely N-dealkylation sites (N-methyl/N-ethyl adjacent to an activating group) is 1. The molecule has 6 nitrogen and oxygen atoms in total. The van der Waals surface area contributed by atoms with Crippen LogP contribution in [0.3, 0.4) is 0 Å². The number of nitrogens with zero attached hydrogens (tertiary/aromatic N) is 4. The molecule has 2 aromatic rings. The van der Waals surface area contributed by atoms with Gasteiger partial charge < -0.3 is 10.2 Å². The lowest BCUT2D eigenvalue weighted by Gasteiger charge is -2.31. The van der Waals surface area contributed by atoms with Crippen LogP contribution < -0.4 is 10.9 Å². The van der Waals surface area contributed by atoms with Crippen molar-refractivity contribution in [3.05, 3.63) is 39.6 Å². The number of halogens is 1. The maximum atomic E-state index is 13.8. The predicted molar refractivity (Wildman–Crippen MR) is 86.0 cm³/mol. The van der Waals surface area contributed by atoms with E-state index in [0.29, 0.717) is 17.6 Å². The van der Waals surface area contributed by atoms with E-state index in [2.05, 4.69) is 25.3 Å². The molecule has 1 aromatic heterocycles. The smallest absolute Gasteiger partial charge is 0.296 e. The van der Waals surface area contributed by atoms with Crippen molar-refractivity contribution < 1.29 is 4.39 Å². The van der Waals surface area contributed by atoms with Crippen molar-refractivity contribution in [1.82, 2.24) is 20.0 Å². The van der Waals surface area contributed by atoms with Crippen LogP contribution in [0.1, 0.15) is 17.3 Å². The Hall–Kier alpha value is -2.12. The highest BCUT2D eigenvalue weighted by Crippen LogP contribution is 2.41. The van der Waals surface area contributed by atoms with Crippen LogP contribution in [0.5, 0.6) is 0 Å². The van der Waals surface area contributed by atoms with Crippen molar-refractivity contribution in [2.24, 2.45) is 0 Å². The predicted octanol–water partition coefficient (Wildman–Crippen LogP) is 0.973. The van der Waals surface area contributed by atoms with Crippen LogP contribution in [-0.4, -0.2) is 53.7 Å². The van der Waals surface area contributed by atoms with Crippen molar-refractivity contribution in [3.8, 4) is 0 Å². The molecule has 0 amide bonds. The Kier molecular flexibility index (Phi) is 3.28. The molecular formula is C16H18FN5O. The van der Waals surface area contributed by atoms with Gasteiger partial charge in [-0.3, -0.25) is 9.69 Å².